The average molecular weight is 305 g/mol. The van der Waals surface area contributed by atoms with E-state index in [1.165, 1.54) is 11.3 Å². The third-order valence-electron chi connectivity index (χ3n) is 3.16. The minimum absolute atomic E-state index is 0.0135. The first kappa shape index (κ1) is 13.7. The molecule has 0 spiro atoms. The Morgan fingerprint density at radius 2 is 2.24 bits per heavy atom. The monoisotopic (exact) mass is 305 g/mol. The molecule has 0 radical (unpaired) electrons. The minimum atomic E-state index is -0.154. The molecular weight excluding hydrogens is 290 g/mol. The Hall–Kier alpha value is -2.28. The number of urea groups is 1. The van der Waals surface area contributed by atoms with Gasteiger partial charge in [0.15, 0.2) is 0 Å². The molecule has 6 nitrogen and oxygen atoms in total. The number of methoxy groups -OCH3 is 1. The van der Waals surface area contributed by atoms with Crippen molar-refractivity contribution < 1.29 is 14.3 Å². The smallest absolute Gasteiger partial charge is 0.322 e. The molecule has 1 N–H and O–H groups in total. The standard InChI is InChI=1S/C14H15N3O3S/c1-19-12-5-3-2-4-11(12)16-13(18)17-8-10(9-17)20-14-15-6-7-21-14/h2-7,10H,8-9H2,1H3,(H,16,18). The molecular formula is C14H15N3O3S. The van der Waals surface area contributed by atoms with Crippen molar-refractivity contribution in [2.45, 2.75) is 6.10 Å². The maximum atomic E-state index is 12.1. The summed E-state index contributed by atoms with van der Waals surface area (Å²) >= 11 is 1.45. The number of nitrogens with one attached hydrogen (secondary N) is 1. The first-order chi connectivity index (χ1) is 10.3. The molecule has 3 rings (SSSR count). The number of hydrogen-bond donors (Lipinski definition) is 1. The Morgan fingerprint density at radius 1 is 1.43 bits per heavy atom. The summed E-state index contributed by atoms with van der Waals surface area (Å²) in [7, 11) is 1.58. The van der Waals surface area contributed by atoms with Crippen molar-refractivity contribution in [2.24, 2.45) is 0 Å². The van der Waals surface area contributed by atoms with E-state index in [-0.39, 0.29) is 12.1 Å². The molecule has 21 heavy (non-hydrogen) atoms. The molecule has 0 unspecified atom stereocenters. The highest BCUT2D eigenvalue weighted by molar-refractivity contribution is 7.11. The van der Waals surface area contributed by atoms with Crippen molar-refractivity contribution in [2.75, 3.05) is 25.5 Å². The highest BCUT2D eigenvalue weighted by Crippen LogP contribution is 2.25. The summed E-state index contributed by atoms with van der Waals surface area (Å²) in [6, 6.07) is 7.16. The number of carbonyl (C=O) groups excluding carboxylic acids is 1. The van der Waals surface area contributed by atoms with Gasteiger partial charge in [-0.25, -0.2) is 9.78 Å². The molecule has 2 amide bonds. The summed E-state index contributed by atoms with van der Waals surface area (Å²) in [6.45, 7) is 1.11. The van der Waals surface area contributed by atoms with Crippen LogP contribution in [-0.2, 0) is 0 Å². The molecule has 1 aromatic heterocycles. The number of likely N-dealkylation sites (tertiary alicyclic amines) is 1. The zero-order valence-electron chi connectivity index (χ0n) is 11.5. The Labute approximate surface area is 126 Å². The van der Waals surface area contributed by atoms with Crippen LogP contribution in [0.3, 0.4) is 0 Å². The summed E-state index contributed by atoms with van der Waals surface area (Å²) in [5.74, 6) is 0.641. The molecule has 0 bridgehead atoms. The molecule has 1 aliphatic heterocycles. The fraction of sp³-hybridized carbons (Fsp3) is 0.286. The van der Waals surface area contributed by atoms with E-state index in [9.17, 15) is 4.79 Å². The SMILES string of the molecule is COc1ccccc1NC(=O)N1CC(Oc2nccs2)C1. The summed E-state index contributed by atoms with van der Waals surface area (Å²) < 4.78 is 10.8. The number of amides is 2. The fourth-order valence-electron chi connectivity index (χ4n) is 2.03. The lowest BCUT2D eigenvalue weighted by atomic mass is 10.2. The topological polar surface area (TPSA) is 63.7 Å². The van der Waals surface area contributed by atoms with E-state index in [2.05, 4.69) is 10.3 Å². The Kier molecular flexibility index (Phi) is 3.92. The van der Waals surface area contributed by atoms with Crippen molar-refractivity contribution in [3.05, 3.63) is 35.8 Å². The highest BCUT2D eigenvalue weighted by atomic mass is 32.1. The largest absolute Gasteiger partial charge is 0.495 e. The summed E-state index contributed by atoms with van der Waals surface area (Å²) in [4.78, 5) is 17.8. The van der Waals surface area contributed by atoms with Crippen LogP contribution in [0, 0.1) is 0 Å². The van der Waals surface area contributed by atoms with Gasteiger partial charge in [0.25, 0.3) is 5.19 Å². The van der Waals surface area contributed by atoms with Gasteiger partial charge in [0.05, 0.1) is 25.9 Å². The number of benzene rings is 1. The zero-order chi connectivity index (χ0) is 14.7. The predicted octanol–water partition coefficient (Wildman–Crippen LogP) is 2.45. The number of para-hydroxylation sites is 2. The number of thiazole rings is 1. The number of carbonyl (C=O) groups is 1. The van der Waals surface area contributed by atoms with E-state index >= 15 is 0 Å². The molecule has 2 heterocycles. The third kappa shape index (κ3) is 3.08. The second-order valence-electron chi connectivity index (χ2n) is 4.57. The average Bonchev–Trinajstić information content (AvgIpc) is 2.96. The number of nitrogens with zero attached hydrogens (tertiary/aromatic N) is 2. The van der Waals surface area contributed by atoms with Gasteiger partial charge in [0.1, 0.15) is 11.9 Å². The van der Waals surface area contributed by atoms with Crippen LogP contribution in [0.2, 0.25) is 0 Å². The van der Waals surface area contributed by atoms with Gasteiger partial charge in [-0.15, -0.1) is 0 Å². The molecule has 0 aliphatic carbocycles. The fourth-order valence-corrected chi connectivity index (χ4v) is 2.58. The van der Waals surface area contributed by atoms with Gasteiger partial charge in [0, 0.05) is 11.6 Å². The minimum Gasteiger partial charge on any atom is -0.495 e. The molecule has 1 saturated heterocycles. The predicted molar refractivity (Wildman–Crippen MR) is 80.1 cm³/mol. The van der Waals surface area contributed by atoms with Crippen LogP contribution in [0.5, 0.6) is 10.9 Å². The lowest BCUT2D eigenvalue weighted by Gasteiger charge is -2.38. The number of ether oxygens (including phenoxy) is 2. The molecule has 0 saturated carbocycles. The van der Waals surface area contributed by atoms with Crippen LogP contribution in [0.25, 0.3) is 0 Å². The van der Waals surface area contributed by atoms with Gasteiger partial charge in [0.2, 0.25) is 0 Å². The summed E-state index contributed by atoms with van der Waals surface area (Å²) in [5.41, 5.74) is 0.661. The summed E-state index contributed by atoms with van der Waals surface area (Å²) in [5, 5.41) is 5.34. The van der Waals surface area contributed by atoms with Crippen LogP contribution in [0.15, 0.2) is 35.8 Å². The molecule has 110 valence electrons. The van der Waals surface area contributed by atoms with E-state index in [0.717, 1.165) is 0 Å². The van der Waals surface area contributed by atoms with E-state index in [1.54, 1.807) is 30.3 Å². The normalized spacial score (nSPS) is 14.4. The zero-order valence-corrected chi connectivity index (χ0v) is 12.3. The quantitative estimate of drug-likeness (QED) is 0.942. The van der Waals surface area contributed by atoms with Crippen molar-refractivity contribution in [3.8, 4) is 10.9 Å². The van der Waals surface area contributed by atoms with E-state index in [1.807, 2.05) is 17.5 Å². The Bertz CT molecular complexity index is 612. The maximum Gasteiger partial charge on any atom is 0.322 e. The van der Waals surface area contributed by atoms with Gasteiger partial charge in [-0.05, 0) is 12.1 Å². The van der Waals surface area contributed by atoms with Crippen LogP contribution in [-0.4, -0.2) is 42.2 Å². The Balaban J connectivity index is 1.51. The molecule has 7 heteroatoms. The van der Waals surface area contributed by atoms with Crippen LogP contribution in [0.4, 0.5) is 10.5 Å². The van der Waals surface area contributed by atoms with E-state index in [0.29, 0.717) is 29.7 Å². The van der Waals surface area contributed by atoms with Gasteiger partial charge in [-0.3, -0.25) is 0 Å². The van der Waals surface area contributed by atoms with Crippen molar-refractivity contribution in [1.29, 1.82) is 0 Å². The second-order valence-corrected chi connectivity index (χ2v) is 5.43. The molecule has 1 aromatic carbocycles. The molecule has 2 aromatic rings. The number of anilines is 1. The highest BCUT2D eigenvalue weighted by Gasteiger charge is 2.33. The second kappa shape index (κ2) is 6.01. The van der Waals surface area contributed by atoms with E-state index in [4.69, 9.17) is 9.47 Å². The number of rotatable bonds is 4. The van der Waals surface area contributed by atoms with Gasteiger partial charge in [-0.1, -0.05) is 23.5 Å². The number of hydrogen-bond acceptors (Lipinski definition) is 5. The molecule has 0 atom stereocenters. The lowest BCUT2D eigenvalue weighted by molar-refractivity contribution is 0.0491. The van der Waals surface area contributed by atoms with Crippen LogP contribution >= 0.6 is 11.3 Å². The van der Waals surface area contributed by atoms with Crippen LogP contribution < -0.4 is 14.8 Å². The van der Waals surface area contributed by atoms with Gasteiger partial charge >= 0.3 is 6.03 Å². The van der Waals surface area contributed by atoms with Crippen molar-refractivity contribution >= 4 is 23.1 Å². The number of aromatic nitrogens is 1. The van der Waals surface area contributed by atoms with Crippen molar-refractivity contribution in [3.63, 3.8) is 0 Å². The lowest BCUT2D eigenvalue weighted by Crippen LogP contribution is -2.57. The van der Waals surface area contributed by atoms with Crippen LogP contribution in [0.1, 0.15) is 0 Å². The van der Waals surface area contributed by atoms with Gasteiger partial charge in [-0.2, -0.15) is 0 Å². The Morgan fingerprint density at radius 3 is 2.95 bits per heavy atom. The maximum absolute atomic E-state index is 12.1. The van der Waals surface area contributed by atoms with Gasteiger partial charge < -0.3 is 19.7 Å². The van der Waals surface area contributed by atoms with Crippen molar-refractivity contribution in [1.82, 2.24) is 9.88 Å². The van der Waals surface area contributed by atoms with E-state index < -0.39 is 0 Å². The summed E-state index contributed by atoms with van der Waals surface area (Å²) in [6.07, 6.45) is 1.71. The molecule has 1 aliphatic rings. The third-order valence-corrected chi connectivity index (χ3v) is 3.82. The first-order valence-corrected chi connectivity index (χ1v) is 7.39. The molecule has 1 fully saturated rings. The first-order valence-electron chi connectivity index (χ1n) is 6.51.